The summed E-state index contributed by atoms with van der Waals surface area (Å²) in [5.74, 6) is 1.54. The monoisotopic (exact) mass is 544 g/mol. The van der Waals surface area contributed by atoms with Crippen LogP contribution in [0.5, 0.6) is 0 Å². The molecule has 0 saturated carbocycles. The van der Waals surface area contributed by atoms with E-state index in [0.717, 1.165) is 49.1 Å². The highest BCUT2D eigenvalue weighted by Gasteiger charge is 2.22. The molecule has 0 bridgehead atoms. The maximum atomic E-state index is 5.49. The van der Waals surface area contributed by atoms with Gasteiger partial charge in [0.25, 0.3) is 0 Å². The van der Waals surface area contributed by atoms with Gasteiger partial charge < -0.3 is 15.4 Å². The van der Waals surface area contributed by atoms with Crippen LogP contribution in [-0.2, 0) is 11.3 Å². The lowest BCUT2D eigenvalue weighted by Gasteiger charge is -2.35. The molecule has 25 heavy (non-hydrogen) atoms. The van der Waals surface area contributed by atoms with Crippen LogP contribution in [0.25, 0.3) is 0 Å². The lowest BCUT2D eigenvalue weighted by Crippen LogP contribution is -2.50. The van der Waals surface area contributed by atoms with Crippen LogP contribution in [0.2, 0.25) is 0 Å². The van der Waals surface area contributed by atoms with Crippen molar-refractivity contribution in [1.82, 2.24) is 15.5 Å². The molecule has 144 valence electrons. The Bertz CT molecular complexity index is 521. The van der Waals surface area contributed by atoms with E-state index in [-0.39, 0.29) is 24.0 Å². The van der Waals surface area contributed by atoms with Gasteiger partial charge in [0.05, 0.1) is 23.5 Å². The largest absolute Gasteiger partial charge is 0.379 e. The van der Waals surface area contributed by atoms with Crippen LogP contribution < -0.4 is 10.6 Å². The van der Waals surface area contributed by atoms with Crippen molar-refractivity contribution in [2.24, 2.45) is 10.9 Å². The zero-order valence-electron chi connectivity index (χ0n) is 15.3. The minimum absolute atomic E-state index is 0. The number of rotatable bonds is 7. The molecule has 5 nitrogen and oxygen atoms in total. The number of hydrogen-bond acceptors (Lipinski definition) is 4. The maximum absolute atomic E-state index is 5.49. The Morgan fingerprint density at radius 2 is 2.04 bits per heavy atom. The van der Waals surface area contributed by atoms with Gasteiger partial charge in [-0.05, 0) is 40.4 Å². The second kappa shape index (κ2) is 12.5. The molecule has 2 N–H and O–H groups in total. The molecule has 1 fully saturated rings. The van der Waals surface area contributed by atoms with Gasteiger partial charge in [-0.15, -0.1) is 35.3 Å². The minimum Gasteiger partial charge on any atom is -0.379 e. The molecule has 0 aliphatic carbocycles. The number of morpholine rings is 1. The van der Waals surface area contributed by atoms with Crippen molar-refractivity contribution >= 4 is 57.2 Å². The van der Waals surface area contributed by atoms with Gasteiger partial charge in [-0.1, -0.05) is 13.8 Å². The molecule has 8 heteroatoms. The first-order valence-corrected chi connectivity index (χ1v) is 10.2. The molecule has 1 aliphatic heterocycles. The topological polar surface area (TPSA) is 48.9 Å². The highest BCUT2D eigenvalue weighted by Crippen LogP contribution is 2.21. The van der Waals surface area contributed by atoms with Crippen molar-refractivity contribution < 1.29 is 4.74 Å². The predicted octanol–water partition coefficient (Wildman–Crippen LogP) is 3.54. The van der Waals surface area contributed by atoms with Crippen molar-refractivity contribution in [3.63, 3.8) is 0 Å². The van der Waals surface area contributed by atoms with E-state index in [0.29, 0.717) is 12.0 Å². The van der Waals surface area contributed by atoms with Crippen LogP contribution in [0.15, 0.2) is 20.9 Å². The van der Waals surface area contributed by atoms with Crippen LogP contribution in [0.3, 0.4) is 0 Å². The summed E-state index contributed by atoms with van der Waals surface area (Å²) in [5, 5.41) is 6.89. The van der Waals surface area contributed by atoms with Crippen molar-refractivity contribution in [2.45, 2.75) is 32.9 Å². The minimum atomic E-state index is 0. The van der Waals surface area contributed by atoms with E-state index in [4.69, 9.17) is 4.74 Å². The molecule has 0 amide bonds. The zero-order valence-corrected chi connectivity index (χ0v) is 20.0. The molecule has 1 atom stereocenters. The van der Waals surface area contributed by atoms with Crippen molar-refractivity contribution in [3.8, 4) is 0 Å². The number of guanidine groups is 1. The van der Waals surface area contributed by atoms with Gasteiger partial charge >= 0.3 is 0 Å². The number of thiophene rings is 1. The van der Waals surface area contributed by atoms with E-state index in [1.807, 2.05) is 7.05 Å². The van der Waals surface area contributed by atoms with E-state index < -0.39 is 0 Å². The number of halogens is 2. The molecule has 0 spiro atoms. The summed E-state index contributed by atoms with van der Waals surface area (Å²) in [4.78, 5) is 8.18. The Kier molecular flexibility index (Phi) is 11.6. The Morgan fingerprint density at radius 3 is 2.60 bits per heavy atom. The fraction of sp³-hybridized carbons (Fsp3) is 0.706. The van der Waals surface area contributed by atoms with E-state index in [2.05, 4.69) is 62.4 Å². The molecule has 1 unspecified atom stereocenters. The molecular formula is C17H30BrIN4OS. The van der Waals surface area contributed by atoms with E-state index in [1.165, 1.54) is 11.3 Å². The summed E-state index contributed by atoms with van der Waals surface area (Å²) in [6.07, 6.45) is 1.18. The number of nitrogens with zero attached hydrogens (tertiary/aromatic N) is 2. The molecule has 2 heterocycles. The molecule has 1 aromatic rings. The van der Waals surface area contributed by atoms with Crippen molar-refractivity contribution in [1.29, 1.82) is 0 Å². The summed E-state index contributed by atoms with van der Waals surface area (Å²) in [5.41, 5.74) is 0. The standard InChI is InChI=1S/C17H29BrN4OS.HI/c1-13(2)10-14(22-6-8-23-9-7-22)11-20-17(19-3)21-12-15-4-5-16(18)24-15;/h4-5,13-14H,6-12H2,1-3H3,(H2,19,20,21);1H. The maximum Gasteiger partial charge on any atom is 0.191 e. The molecule has 0 aromatic carbocycles. The van der Waals surface area contributed by atoms with Gasteiger partial charge in [-0.25, -0.2) is 0 Å². The smallest absolute Gasteiger partial charge is 0.191 e. The van der Waals surface area contributed by atoms with Crippen molar-refractivity contribution in [2.75, 3.05) is 39.9 Å². The summed E-state index contributed by atoms with van der Waals surface area (Å²) < 4.78 is 6.65. The summed E-state index contributed by atoms with van der Waals surface area (Å²) in [6, 6.07) is 4.72. The second-order valence-electron chi connectivity index (χ2n) is 6.44. The normalized spacial score (nSPS) is 17.2. The van der Waals surface area contributed by atoms with Crippen LogP contribution in [0, 0.1) is 5.92 Å². The van der Waals surface area contributed by atoms with E-state index in [9.17, 15) is 0 Å². The van der Waals surface area contributed by atoms with Crippen LogP contribution in [0.1, 0.15) is 25.1 Å². The van der Waals surface area contributed by atoms with Gasteiger partial charge in [-0.2, -0.15) is 0 Å². The highest BCUT2D eigenvalue weighted by atomic mass is 127. The summed E-state index contributed by atoms with van der Waals surface area (Å²) in [7, 11) is 1.83. The third-order valence-electron chi connectivity index (χ3n) is 4.09. The quantitative estimate of drug-likeness (QED) is 0.313. The summed E-state index contributed by atoms with van der Waals surface area (Å²) >= 11 is 5.25. The lowest BCUT2D eigenvalue weighted by atomic mass is 10.0. The Labute approximate surface area is 181 Å². The Hall–Kier alpha value is 0.1000. The van der Waals surface area contributed by atoms with Gasteiger partial charge in [0, 0.05) is 37.6 Å². The average Bonchev–Trinajstić information content (AvgIpc) is 2.99. The van der Waals surface area contributed by atoms with Crippen LogP contribution >= 0.6 is 51.2 Å². The number of aliphatic imine (C=N–C) groups is 1. The fourth-order valence-electron chi connectivity index (χ4n) is 2.90. The van der Waals surface area contributed by atoms with Gasteiger partial charge in [0.1, 0.15) is 0 Å². The Morgan fingerprint density at radius 1 is 1.32 bits per heavy atom. The van der Waals surface area contributed by atoms with Crippen LogP contribution in [0.4, 0.5) is 0 Å². The molecule has 2 rings (SSSR count). The van der Waals surface area contributed by atoms with Gasteiger partial charge in [0.15, 0.2) is 5.96 Å². The lowest BCUT2D eigenvalue weighted by molar-refractivity contribution is 0.0132. The van der Waals surface area contributed by atoms with Crippen LogP contribution in [-0.4, -0.2) is 56.8 Å². The number of ether oxygens (including phenoxy) is 1. The van der Waals surface area contributed by atoms with Gasteiger partial charge in [0.2, 0.25) is 0 Å². The SMILES string of the molecule is CN=C(NCc1ccc(Br)s1)NCC(CC(C)C)N1CCOCC1.I. The molecule has 0 radical (unpaired) electrons. The molecule has 1 aromatic heterocycles. The highest BCUT2D eigenvalue weighted by molar-refractivity contribution is 14.0. The number of hydrogen-bond donors (Lipinski definition) is 2. The fourth-order valence-corrected chi connectivity index (χ4v) is 4.32. The number of nitrogens with one attached hydrogen (secondary N) is 2. The first-order chi connectivity index (χ1) is 11.6. The van der Waals surface area contributed by atoms with E-state index in [1.54, 1.807) is 11.3 Å². The third-order valence-corrected chi connectivity index (χ3v) is 5.72. The first-order valence-electron chi connectivity index (χ1n) is 8.59. The molecular weight excluding hydrogens is 515 g/mol. The first kappa shape index (κ1) is 23.1. The molecule has 1 saturated heterocycles. The third kappa shape index (κ3) is 8.55. The summed E-state index contributed by atoms with van der Waals surface area (Å²) in [6.45, 7) is 10.0. The van der Waals surface area contributed by atoms with E-state index >= 15 is 0 Å². The van der Waals surface area contributed by atoms with Gasteiger partial charge in [-0.3, -0.25) is 9.89 Å². The Balaban J connectivity index is 0.00000312. The second-order valence-corrected chi connectivity index (χ2v) is 8.99. The average molecular weight is 545 g/mol. The zero-order chi connectivity index (χ0) is 17.4. The predicted molar refractivity (Wildman–Crippen MR) is 121 cm³/mol. The molecule has 1 aliphatic rings. The van der Waals surface area contributed by atoms with Crippen molar-refractivity contribution in [3.05, 3.63) is 20.8 Å².